The molecule has 0 aromatic carbocycles. The maximum atomic E-state index is 12.3. The molecule has 1 saturated heterocycles. The molecule has 1 N–H and O–H groups in total. The molecule has 128 valence electrons. The van der Waals surface area contributed by atoms with E-state index in [9.17, 15) is 9.59 Å². The summed E-state index contributed by atoms with van der Waals surface area (Å²) < 4.78 is 2.03. The molecule has 3 amide bonds. The van der Waals surface area contributed by atoms with Crippen LogP contribution in [-0.2, 0) is 4.79 Å². The lowest BCUT2D eigenvalue weighted by molar-refractivity contribution is -0.122. The molecule has 6 nitrogen and oxygen atoms in total. The molecule has 0 radical (unpaired) electrons. The van der Waals surface area contributed by atoms with E-state index in [0.717, 1.165) is 33.2 Å². The van der Waals surface area contributed by atoms with Crippen molar-refractivity contribution in [2.24, 2.45) is 0 Å². The van der Waals surface area contributed by atoms with Gasteiger partial charge in [-0.05, 0) is 56.2 Å². The van der Waals surface area contributed by atoms with Crippen molar-refractivity contribution in [3.63, 3.8) is 0 Å². The van der Waals surface area contributed by atoms with Crippen molar-refractivity contribution in [1.82, 2.24) is 19.8 Å². The molecular formula is C19H20N4O2. The van der Waals surface area contributed by atoms with E-state index in [-0.39, 0.29) is 18.1 Å². The second-order valence-corrected chi connectivity index (χ2v) is 6.05. The molecule has 2 aromatic heterocycles. The van der Waals surface area contributed by atoms with Crippen molar-refractivity contribution in [1.29, 1.82) is 0 Å². The molecule has 3 heterocycles. The maximum absolute atomic E-state index is 12.3. The highest BCUT2D eigenvalue weighted by Crippen LogP contribution is 2.23. The Bertz CT molecular complexity index is 908. The number of hydrogen-bond acceptors (Lipinski definition) is 3. The molecule has 1 aliphatic heterocycles. The third kappa shape index (κ3) is 2.98. The zero-order valence-corrected chi connectivity index (χ0v) is 14.5. The third-order valence-corrected chi connectivity index (χ3v) is 4.17. The first-order valence-corrected chi connectivity index (χ1v) is 7.99. The van der Waals surface area contributed by atoms with Crippen molar-refractivity contribution in [3.05, 3.63) is 65.3 Å². The van der Waals surface area contributed by atoms with Crippen molar-refractivity contribution in [3.8, 4) is 5.82 Å². The van der Waals surface area contributed by atoms with Gasteiger partial charge in [0, 0.05) is 24.1 Å². The van der Waals surface area contributed by atoms with Gasteiger partial charge in [-0.3, -0.25) is 9.69 Å². The van der Waals surface area contributed by atoms with Gasteiger partial charge in [0.25, 0.3) is 5.91 Å². The molecule has 0 saturated carbocycles. The van der Waals surface area contributed by atoms with Gasteiger partial charge < -0.3 is 9.88 Å². The number of rotatable bonds is 4. The van der Waals surface area contributed by atoms with Crippen molar-refractivity contribution >= 4 is 18.0 Å². The summed E-state index contributed by atoms with van der Waals surface area (Å²) in [5, 5.41) is 2.62. The normalized spacial score (nSPS) is 15.8. The summed E-state index contributed by atoms with van der Waals surface area (Å²) in [6, 6.07) is 5.50. The van der Waals surface area contributed by atoms with E-state index < -0.39 is 6.03 Å². The maximum Gasteiger partial charge on any atom is 0.329 e. The predicted molar refractivity (Wildman–Crippen MR) is 96.2 cm³/mol. The van der Waals surface area contributed by atoms with Gasteiger partial charge in [-0.25, -0.2) is 9.78 Å². The highest BCUT2D eigenvalue weighted by Gasteiger charge is 2.32. The number of carbonyl (C=O) groups excluding carboxylic acids is 2. The summed E-state index contributed by atoms with van der Waals surface area (Å²) in [4.78, 5) is 29.8. The van der Waals surface area contributed by atoms with Gasteiger partial charge >= 0.3 is 6.03 Å². The number of amides is 3. The predicted octanol–water partition coefficient (Wildman–Crippen LogP) is 2.88. The number of aromatic nitrogens is 2. The second-order valence-electron chi connectivity index (χ2n) is 6.05. The SMILES string of the molecule is C=CCN1C(=O)N/C(=C/c2cc(C)n(-c3cc(C)ccn3)c2C)C1=O. The van der Waals surface area contributed by atoms with E-state index in [0.29, 0.717) is 0 Å². The summed E-state index contributed by atoms with van der Waals surface area (Å²) in [6.45, 7) is 9.72. The average Bonchev–Trinajstić information content (AvgIpc) is 2.98. The number of nitrogens with zero attached hydrogens (tertiary/aromatic N) is 3. The zero-order chi connectivity index (χ0) is 18.1. The molecule has 0 bridgehead atoms. The number of carbonyl (C=O) groups is 2. The Hall–Kier alpha value is -3.15. The quantitative estimate of drug-likeness (QED) is 0.530. The molecule has 25 heavy (non-hydrogen) atoms. The fraction of sp³-hybridized carbons (Fsp3) is 0.211. The Morgan fingerprint density at radius 2 is 2.00 bits per heavy atom. The van der Waals surface area contributed by atoms with Gasteiger partial charge in [0.1, 0.15) is 11.5 Å². The summed E-state index contributed by atoms with van der Waals surface area (Å²) in [5.74, 6) is 0.484. The van der Waals surface area contributed by atoms with Crippen LogP contribution in [0.3, 0.4) is 0 Å². The first-order chi connectivity index (χ1) is 11.9. The van der Waals surface area contributed by atoms with Crippen LogP contribution in [0.2, 0.25) is 0 Å². The molecular weight excluding hydrogens is 316 g/mol. The minimum absolute atomic E-state index is 0.189. The average molecular weight is 336 g/mol. The first-order valence-electron chi connectivity index (χ1n) is 7.99. The van der Waals surface area contributed by atoms with Crippen LogP contribution in [0, 0.1) is 20.8 Å². The third-order valence-electron chi connectivity index (χ3n) is 4.17. The van der Waals surface area contributed by atoms with Crippen LogP contribution in [0.25, 0.3) is 11.9 Å². The highest BCUT2D eigenvalue weighted by molar-refractivity contribution is 6.14. The van der Waals surface area contributed by atoms with E-state index >= 15 is 0 Å². The van der Waals surface area contributed by atoms with Crippen LogP contribution < -0.4 is 5.32 Å². The van der Waals surface area contributed by atoms with E-state index in [1.165, 1.54) is 6.08 Å². The fourth-order valence-corrected chi connectivity index (χ4v) is 2.95. The zero-order valence-electron chi connectivity index (χ0n) is 14.5. The van der Waals surface area contributed by atoms with Crippen LogP contribution in [-0.4, -0.2) is 32.9 Å². The van der Waals surface area contributed by atoms with Gasteiger partial charge in [-0.15, -0.1) is 6.58 Å². The van der Waals surface area contributed by atoms with Crippen molar-refractivity contribution in [2.45, 2.75) is 20.8 Å². The fourth-order valence-electron chi connectivity index (χ4n) is 2.95. The number of aryl methyl sites for hydroxylation is 2. The number of pyridine rings is 1. The number of hydrogen-bond donors (Lipinski definition) is 1. The van der Waals surface area contributed by atoms with Crippen molar-refractivity contribution in [2.75, 3.05) is 6.54 Å². The molecule has 0 unspecified atom stereocenters. The molecule has 0 spiro atoms. The van der Waals surface area contributed by atoms with Crippen LogP contribution in [0.4, 0.5) is 4.79 Å². The molecule has 0 atom stereocenters. The molecule has 1 fully saturated rings. The van der Waals surface area contributed by atoms with Gasteiger partial charge in [-0.1, -0.05) is 6.08 Å². The Morgan fingerprint density at radius 1 is 1.24 bits per heavy atom. The molecule has 0 aliphatic carbocycles. The van der Waals surface area contributed by atoms with E-state index in [2.05, 4.69) is 16.9 Å². The van der Waals surface area contributed by atoms with Crippen LogP contribution in [0.1, 0.15) is 22.5 Å². The Balaban J connectivity index is 2.00. The number of nitrogens with one attached hydrogen (secondary N) is 1. The Labute approximate surface area is 146 Å². The van der Waals surface area contributed by atoms with Gasteiger partial charge in [-0.2, -0.15) is 0 Å². The minimum Gasteiger partial charge on any atom is -0.303 e. The van der Waals surface area contributed by atoms with Crippen LogP contribution in [0.15, 0.2) is 42.7 Å². The lowest BCUT2D eigenvalue weighted by atomic mass is 10.2. The Morgan fingerprint density at radius 3 is 2.68 bits per heavy atom. The van der Waals surface area contributed by atoms with Crippen LogP contribution in [0.5, 0.6) is 0 Å². The summed E-state index contributed by atoms with van der Waals surface area (Å²) in [6.07, 6.45) is 5.00. The summed E-state index contributed by atoms with van der Waals surface area (Å²) in [7, 11) is 0. The summed E-state index contributed by atoms with van der Waals surface area (Å²) >= 11 is 0. The molecule has 6 heteroatoms. The molecule has 1 aliphatic rings. The van der Waals surface area contributed by atoms with E-state index in [1.807, 2.05) is 43.5 Å². The largest absolute Gasteiger partial charge is 0.329 e. The molecule has 3 rings (SSSR count). The van der Waals surface area contributed by atoms with Gasteiger partial charge in [0.2, 0.25) is 0 Å². The van der Waals surface area contributed by atoms with E-state index in [1.54, 1.807) is 12.3 Å². The lowest BCUT2D eigenvalue weighted by Gasteiger charge is -2.09. The Kier molecular flexibility index (Phi) is 4.27. The molecule has 2 aromatic rings. The summed E-state index contributed by atoms with van der Waals surface area (Å²) in [5.41, 5.74) is 4.21. The number of imide groups is 1. The van der Waals surface area contributed by atoms with E-state index in [4.69, 9.17) is 0 Å². The number of urea groups is 1. The monoisotopic (exact) mass is 336 g/mol. The van der Waals surface area contributed by atoms with Gasteiger partial charge in [0.15, 0.2) is 0 Å². The lowest BCUT2D eigenvalue weighted by Crippen LogP contribution is -2.30. The first kappa shape index (κ1) is 16.7. The van der Waals surface area contributed by atoms with Gasteiger partial charge in [0.05, 0.1) is 0 Å². The topological polar surface area (TPSA) is 67.2 Å². The second kappa shape index (κ2) is 6.39. The minimum atomic E-state index is -0.426. The van der Waals surface area contributed by atoms with Crippen molar-refractivity contribution < 1.29 is 9.59 Å². The standard InChI is InChI=1S/C19H20N4O2/c1-5-8-22-18(24)16(21-19(22)25)11-15-10-13(3)23(14(15)4)17-9-12(2)6-7-20-17/h5-7,9-11H,1,8H2,2-4H3,(H,21,25)/b16-11+. The van der Waals surface area contributed by atoms with Crippen LogP contribution >= 0.6 is 0 Å². The highest BCUT2D eigenvalue weighted by atomic mass is 16.2. The smallest absolute Gasteiger partial charge is 0.303 e.